The van der Waals surface area contributed by atoms with Crippen molar-refractivity contribution >= 4 is 5.97 Å². The summed E-state index contributed by atoms with van der Waals surface area (Å²) in [5, 5.41) is 9.31. The van der Waals surface area contributed by atoms with Crippen LogP contribution < -0.4 is 0 Å². The Hall–Kier alpha value is -1.43. The minimum absolute atomic E-state index is 0.237. The second-order valence-corrected chi connectivity index (χ2v) is 4.89. The second kappa shape index (κ2) is 9.56. The number of ether oxygens (including phenoxy) is 3. The Morgan fingerprint density at radius 2 is 1.73 bits per heavy atom. The predicted octanol–water partition coefficient (Wildman–Crippen LogP) is 3.47. The molecule has 0 aliphatic rings. The SMILES string of the molecule is CCCCOC(Cc1ccccc1C(=O)O)(OCC)OCC. The summed E-state index contributed by atoms with van der Waals surface area (Å²) in [6.45, 7) is 7.14. The maximum Gasteiger partial charge on any atom is 0.335 e. The Bertz CT molecular complexity index is 452. The van der Waals surface area contributed by atoms with Crippen molar-refractivity contribution in [2.45, 2.75) is 46.0 Å². The van der Waals surface area contributed by atoms with Gasteiger partial charge >= 0.3 is 5.97 Å². The number of rotatable bonds is 11. The van der Waals surface area contributed by atoms with E-state index in [1.165, 1.54) is 0 Å². The lowest BCUT2D eigenvalue weighted by molar-refractivity contribution is -0.377. The fraction of sp³-hybridized carbons (Fsp3) is 0.588. The molecular weight excluding hydrogens is 284 g/mol. The van der Waals surface area contributed by atoms with Gasteiger partial charge in [-0.2, -0.15) is 0 Å². The minimum Gasteiger partial charge on any atom is -0.478 e. The Balaban J connectivity index is 3.02. The van der Waals surface area contributed by atoms with Crippen molar-refractivity contribution in [3.8, 4) is 0 Å². The van der Waals surface area contributed by atoms with E-state index >= 15 is 0 Å². The summed E-state index contributed by atoms with van der Waals surface area (Å²) in [6.07, 6.45) is 2.13. The molecule has 0 bridgehead atoms. The molecule has 0 amide bonds. The summed E-state index contributed by atoms with van der Waals surface area (Å²) >= 11 is 0. The number of aromatic carboxylic acids is 1. The zero-order valence-electron chi connectivity index (χ0n) is 13.6. The molecule has 0 aliphatic carbocycles. The molecule has 1 rings (SSSR count). The number of carboxylic acid groups (broad SMARTS) is 1. The molecule has 1 aromatic carbocycles. The minimum atomic E-state index is -1.23. The quantitative estimate of drug-likeness (QED) is 0.501. The molecule has 22 heavy (non-hydrogen) atoms. The van der Waals surface area contributed by atoms with E-state index in [0.29, 0.717) is 25.4 Å². The Kier molecular flexibility index (Phi) is 8.09. The van der Waals surface area contributed by atoms with E-state index in [1.54, 1.807) is 24.3 Å². The van der Waals surface area contributed by atoms with Crippen molar-refractivity contribution in [2.24, 2.45) is 0 Å². The van der Waals surface area contributed by atoms with E-state index in [4.69, 9.17) is 14.2 Å². The molecule has 0 saturated heterocycles. The van der Waals surface area contributed by atoms with Gasteiger partial charge < -0.3 is 19.3 Å². The monoisotopic (exact) mass is 310 g/mol. The first-order chi connectivity index (χ1) is 10.6. The van der Waals surface area contributed by atoms with Crippen LogP contribution in [-0.2, 0) is 20.6 Å². The van der Waals surface area contributed by atoms with E-state index in [9.17, 15) is 9.90 Å². The van der Waals surface area contributed by atoms with Gasteiger partial charge in [0.15, 0.2) is 0 Å². The van der Waals surface area contributed by atoms with Crippen LogP contribution in [0.1, 0.15) is 49.5 Å². The molecule has 0 fully saturated rings. The first kappa shape index (κ1) is 18.6. The average Bonchev–Trinajstić information content (AvgIpc) is 2.48. The highest BCUT2D eigenvalue weighted by Crippen LogP contribution is 2.24. The molecule has 0 aromatic heterocycles. The molecule has 1 aromatic rings. The molecule has 0 unspecified atom stereocenters. The smallest absolute Gasteiger partial charge is 0.335 e. The van der Waals surface area contributed by atoms with Gasteiger partial charge in [0, 0.05) is 13.2 Å². The van der Waals surface area contributed by atoms with E-state index in [1.807, 2.05) is 13.8 Å². The van der Waals surface area contributed by atoms with Crippen LogP contribution in [-0.4, -0.2) is 36.9 Å². The fourth-order valence-electron chi connectivity index (χ4n) is 2.21. The van der Waals surface area contributed by atoms with Crippen molar-refractivity contribution in [3.63, 3.8) is 0 Å². The van der Waals surface area contributed by atoms with Gasteiger partial charge in [0.25, 0.3) is 5.97 Å². The lowest BCUT2D eigenvalue weighted by Crippen LogP contribution is -2.42. The van der Waals surface area contributed by atoms with Crippen LogP contribution in [0.3, 0.4) is 0 Å². The number of hydrogen-bond donors (Lipinski definition) is 1. The van der Waals surface area contributed by atoms with Crippen LogP contribution in [0, 0.1) is 0 Å². The summed E-state index contributed by atoms with van der Waals surface area (Å²) in [5.74, 6) is -2.20. The van der Waals surface area contributed by atoms with Crippen molar-refractivity contribution < 1.29 is 24.1 Å². The topological polar surface area (TPSA) is 65.0 Å². The molecule has 0 saturated carbocycles. The van der Waals surface area contributed by atoms with Gasteiger partial charge in [0.1, 0.15) is 0 Å². The summed E-state index contributed by atoms with van der Waals surface area (Å²) in [6, 6.07) is 6.84. The highest BCUT2D eigenvalue weighted by molar-refractivity contribution is 5.89. The molecule has 0 heterocycles. The summed E-state index contributed by atoms with van der Waals surface area (Å²) in [5.41, 5.74) is 0.874. The van der Waals surface area contributed by atoms with Crippen molar-refractivity contribution in [2.75, 3.05) is 19.8 Å². The van der Waals surface area contributed by atoms with Gasteiger partial charge in [-0.1, -0.05) is 31.5 Å². The number of unbranched alkanes of at least 4 members (excludes halogenated alkanes) is 1. The lowest BCUT2D eigenvalue weighted by Gasteiger charge is -2.33. The van der Waals surface area contributed by atoms with Crippen molar-refractivity contribution in [1.29, 1.82) is 0 Å². The lowest BCUT2D eigenvalue weighted by atomic mass is 10.0. The van der Waals surface area contributed by atoms with Crippen molar-refractivity contribution in [1.82, 2.24) is 0 Å². The molecule has 0 atom stereocenters. The standard InChI is InChI=1S/C17H26O5/c1-4-7-12-22-17(20-5-2,21-6-3)13-14-10-8-9-11-15(14)16(18)19/h8-11H,4-7,12-13H2,1-3H3,(H,18,19). The third kappa shape index (κ3) is 5.40. The normalized spacial score (nSPS) is 11.6. The van der Waals surface area contributed by atoms with Crippen LogP contribution >= 0.6 is 0 Å². The molecule has 5 heteroatoms. The number of hydrogen-bond acceptors (Lipinski definition) is 4. The summed E-state index contributed by atoms with van der Waals surface area (Å²) in [4.78, 5) is 11.4. The first-order valence-electron chi connectivity index (χ1n) is 7.81. The zero-order valence-corrected chi connectivity index (χ0v) is 13.6. The molecule has 5 nitrogen and oxygen atoms in total. The second-order valence-electron chi connectivity index (χ2n) is 4.89. The van der Waals surface area contributed by atoms with Gasteiger partial charge in [0.05, 0.1) is 18.6 Å². The molecule has 1 N–H and O–H groups in total. The summed E-state index contributed by atoms with van der Waals surface area (Å²) in [7, 11) is 0. The number of benzene rings is 1. The molecule has 0 spiro atoms. The highest BCUT2D eigenvalue weighted by atomic mass is 16.9. The largest absolute Gasteiger partial charge is 0.478 e. The molecule has 0 radical (unpaired) electrons. The van der Waals surface area contributed by atoms with Crippen LogP contribution in [0.15, 0.2) is 24.3 Å². The maximum absolute atomic E-state index is 11.4. The molecular formula is C17H26O5. The van der Waals surface area contributed by atoms with Gasteiger partial charge in [-0.3, -0.25) is 0 Å². The van der Waals surface area contributed by atoms with Crippen molar-refractivity contribution in [3.05, 3.63) is 35.4 Å². The fourth-order valence-corrected chi connectivity index (χ4v) is 2.21. The third-order valence-corrected chi connectivity index (χ3v) is 3.20. The van der Waals surface area contributed by atoms with Crippen LogP contribution in [0.25, 0.3) is 0 Å². The highest BCUT2D eigenvalue weighted by Gasteiger charge is 2.34. The van der Waals surface area contributed by atoms with Crippen LogP contribution in [0.5, 0.6) is 0 Å². The first-order valence-corrected chi connectivity index (χ1v) is 7.81. The van der Waals surface area contributed by atoms with Crippen LogP contribution in [0.4, 0.5) is 0 Å². The van der Waals surface area contributed by atoms with Gasteiger partial charge in [-0.25, -0.2) is 4.79 Å². The Morgan fingerprint density at radius 1 is 1.09 bits per heavy atom. The Morgan fingerprint density at radius 3 is 2.27 bits per heavy atom. The number of carboxylic acids is 1. The third-order valence-electron chi connectivity index (χ3n) is 3.20. The Labute approximate surface area is 132 Å². The number of carbonyl (C=O) groups is 1. The van der Waals surface area contributed by atoms with Gasteiger partial charge in [-0.15, -0.1) is 0 Å². The van der Waals surface area contributed by atoms with E-state index < -0.39 is 11.9 Å². The zero-order chi connectivity index (χ0) is 16.4. The van der Waals surface area contributed by atoms with Gasteiger partial charge in [-0.05, 0) is 31.9 Å². The maximum atomic E-state index is 11.4. The summed E-state index contributed by atoms with van der Waals surface area (Å²) < 4.78 is 17.3. The van der Waals surface area contributed by atoms with E-state index in [2.05, 4.69) is 6.92 Å². The molecule has 124 valence electrons. The molecule has 0 aliphatic heterocycles. The predicted molar refractivity (Wildman–Crippen MR) is 83.9 cm³/mol. The van der Waals surface area contributed by atoms with E-state index in [-0.39, 0.29) is 12.0 Å². The van der Waals surface area contributed by atoms with Gasteiger partial charge in [0.2, 0.25) is 0 Å². The average molecular weight is 310 g/mol. The van der Waals surface area contributed by atoms with E-state index in [0.717, 1.165) is 12.8 Å². The van der Waals surface area contributed by atoms with Crippen LogP contribution in [0.2, 0.25) is 0 Å².